The van der Waals surface area contributed by atoms with Crippen LogP contribution in [0, 0.1) is 5.92 Å². The van der Waals surface area contributed by atoms with Gasteiger partial charge in [0.05, 0.1) is 0 Å². The number of carbonyl (C=O) groups excluding carboxylic acids is 1. The molecule has 0 radical (unpaired) electrons. The Morgan fingerprint density at radius 1 is 1.11 bits per heavy atom. The molecular weight excluding hydrogens is 224 g/mol. The molecule has 0 saturated carbocycles. The second kappa shape index (κ2) is 16.4. The van der Waals surface area contributed by atoms with E-state index in [1.807, 2.05) is 13.0 Å². The number of hydrogen-bond acceptors (Lipinski definition) is 2. The van der Waals surface area contributed by atoms with Gasteiger partial charge < -0.3 is 5.11 Å². The number of unbranched alkanes of at least 4 members (excludes halogenated alkanes) is 2. The predicted molar refractivity (Wildman–Crippen MR) is 79.7 cm³/mol. The summed E-state index contributed by atoms with van der Waals surface area (Å²) in [5.41, 5.74) is 0.822. The molecule has 108 valence electrons. The van der Waals surface area contributed by atoms with Crippen molar-refractivity contribution in [1.82, 2.24) is 0 Å². The topological polar surface area (TPSA) is 37.3 Å². The molecule has 0 aromatic carbocycles. The van der Waals surface area contributed by atoms with Crippen LogP contribution in [0.1, 0.15) is 72.6 Å². The average molecular weight is 256 g/mol. The summed E-state index contributed by atoms with van der Waals surface area (Å²) in [6, 6.07) is 0. The average Bonchev–Trinajstić information content (AvgIpc) is 2.39. The molecule has 0 saturated heterocycles. The third-order valence-electron chi connectivity index (χ3n) is 2.88. The van der Waals surface area contributed by atoms with E-state index in [1.54, 1.807) is 6.92 Å². The third-order valence-corrected chi connectivity index (χ3v) is 2.88. The molecule has 0 aliphatic rings. The fourth-order valence-electron chi connectivity index (χ4n) is 1.79. The van der Waals surface area contributed by atoms with Crippen LogP contribution in [-0.4, -0.2) is 18.0 Å². The first-order valence-electron chi connectivity index (χ1n) is 7.38. The van der Waals surface area contributed by atoms with E-state index < -0.39 is 0 Å². The summed E-state index contributed by atoms with van der Waals surface area (Å²) in [5, 5.41) is 8.96. The Morgan fingerprint density at radius 2 is 1.78 bits per heavy atom. The summed E-state index contributed by atoms with van der Waals surface area (Å²) in [5.74, 6) is 0.576. The maximum Gasteiger partial charge on any atom is 0.145 e. The highest BCUT2D eigenvalue weighted by Gasteiger charge is 2.04. The van der Waals surface area contributed by atoms with E-state index in [0.29, 0.717) is 12.5 Å². The molecule has 0 fully saturated rings. The lowest BCUT2D eigenvalue weighted by Crippen LogP contribution is -2.05. The van der Waals surface area contributed by atoms with E-state index in [4.69, 9.17) is 5.11 Å². The SMILES string of the molecule is CC/C=C(\C)C=O.CCCCCC(CO)CCC. The van der Waals surface area contributed by atoms with E-state index in [1.165, 1.54) is 38.5 Å². The van der Waals surface area contributed by atoms with Gasteiger partial charge in [0.1, 0.15) is 6.29 Å². The minimum atomic E-state index is 0.386. The van der Waals surface area contributed by atoms with Crippen LogP contribution in [0.15, 0.2) is 11.6 Å². The molecule has 2 nitrogen and oxygen atoms in total. The molecule has 0 aliphatic carbocycles. The van der Waals surface area contributed by atoms with Crippen LogP contribution in [0.4, 0.5) is 0 Å². The molecule has 18 heavy (non-hydrogen) atoms. The maximum absolute atomic E-state index is 9.83. The zero-order valence-electron chi connectivity index (χ0n) is 12.7. The lowest BCUT2D eigenvalue weighted by Gasteiger charge is -2.11. The minimum absolute atomic E-state index is 0.386. The largest absolute Gasteiger partial charge is 0.396 e. The van der Waals surface area contributed by atoms with Gasteiger partial charge in [-0.3, -0.25) is 4.79 Å². The number of aliphatic hydroxyl groups excluding tert-OH is 1. The van der Waals surface area contributed by atoms with E-state index in [2.05, 4.69) is 13.8 Å². The van der Waals surface area contributed by atoms with Crippen LogP contribution < -0.4 is 0 Å². The molecule has 0 aromatic rings. The molecule has 0 bridgehead atoms. The lowest BCUT2D eigenvalue weighted by molar-refractivity contribution is -0.104. The smallest absolute Gasteiger partial charge is 0.145 e. The van der Waals surface area contributed by atoms with Crippen molar-refractivity contribution in [2.45, 2.75) is 72.6 Å². The van der Waals surface area contributed by atoms with Crippen molar-refractivity contribution in [2.75, 3.05) is 6.61 Å². The van der Waals surface area contributed by atoms with Crippen molar-refractivity contribution < 1.29 is 9.90 Å². The van der Waals surface area contributed by atoms with Crippen LogP contribution in [0.5, 0.6) is 0 Å². The summed E-state index contributed by atoms with van der Waals surface area (Å²) < 4.78 is 0. The molecule has 0 heterocycles. The molecule has 1 N–H and O–H groups in total. The van der Waals surface area contributed by atoms with E-state index >= 15 is 0 Å². The van der Waals surface area contributed by atoms with Crippen molar-refractivity contribution in [3.8, 4) is 0 Å². The van der Waals surface area contributed by atoms with Gasteiger partial charge in [-0.2, -0.15) is 0 Å². The summed E-state index contributed by atoms with van der Waals surface area (Å²) in [6.07, 6.45) is 11.2. The number of carbonyl (C=O) groups is 1. The number of aldehydes is 1. The standard InChI is InChI=1S/C10H22O.C6H10O/c1-3-5-6-8-10(9-11)7-4-2;1-3-4-6(2)5-7/h10-11H,3-9H2,1-2H3;4-5H,3H2,1-2H3/b;6-4+. The van der Waals surface area contributed by atoms with Crippen LogP contribution in [-0.2, 0) is 4.79 Å². The molecule has 1 atom stereocenters. The Kier molecular flexibility index (Phi) is 17.9. The monoisotopic (exact) mass is 256 g/mol. The van der Waals surface area contributed by atoms with Crippen molar-refractivity contribution in [3.63, 3.8) is 0 Å². The van der Waals surface area contributed by atoms with Gasteiger partial charge in [0, 0.05) is 6.61 Å². The van der Waals surface area contributed by atoms with Crippen LogP contribution in [0.25, 0.3) is 0 Å². The molecule has 0 aliphatic heterocycles. The van der Waals surface area contributed by atoms with Gasteiger partial charge in [0.2, 0.25) is 0 Å². The second-order valence-electron chi connectivity index (χ2n) is 4.81. The number of allylic oxidation sites excluding steroid dienone is 2. The number of rotatable bonds is 9. The molecule has 0 spiro atoms. The van der Waals surface area contributed by atoms with E-state index in [9.17, 15) is 4.79 Å². The Labute approximate surface area is 113 Å². The first kappa shape index (κ1) is 19.7. The fraction of sp³-hybridized carbons (Fsp3) is 0.812. The zero-order valence-corrected chi connectivity index (χ0v) is 12.7. The van der Waals surface area contributed by atoms with Gasteiger partial charge in [-0.05, 0) is 37.7 Å². The van der Waals surface area contributed by atoms with Gasteiger partial charge in [0.15, 0.2) is 0 Å². The Bertz CT molecular complexity index is 197. The van der Waals surface area contributed by atoms with Crippen molar-refractivity contribution >= 4 is 6.29 Å². The van der Waals surface area contributed by atoms with Gasteiger partial charge in [-0.25, -0.2) is 0 Å². The predicted octanol–water partition coefficient (Wildman–Crippen LogP) is 4.52. The Balaban J connectivity index is 0. The first-order chi connectivity index (χ1) is 8.65. The summed E-state index contributed by atoms with van der Waals surface area (Å²) in [4.78, 5) is 9.83. The highest BCUT2D eigenvalue weighted by Crippen LogP contribution is 2.14. The van der Waals surface area contributed by atoms with Gasteiger partial charge in [-0.15, -0.1) is 0 Å². The van der Waals surface area contributed by atoms with E-state index in [-0.39, 0.29) is 0 Å². The van der Waals surface area contributed by atoms with Crippen LogP contribution >= 0.6 is 0 Å². The summed E-state index contributed by atoms with van der Waals surface area (Å²) in [6.45, 7) is 8.59. The highest BCUT2D eigenvalue weighted by atomic mass is 16.3. The van der Waals surface area contributed by atoms with Gasteiger partial charge in [-0.1, -0.05) is 52.5 Å². The minimum Gasteiger partial charge on any atom is -0.396 e. The zero-order chi connectivity index (χ0) is 14.2. The molecule has 0 rings (SSSR count). The molecule has 0 aromatic heterocycles. The molecule has 1 unspecified atom stereocenters. The highest BCUT2D eigenvalue weighted by molar-refractivity contribution is 5.71. The molecular formula is C16H32O2. The summed E-state index contributed by atoms with van der Waals surface area (Å²) in [7, 11) is 0. The normalized spacial score (nSPS) is 12.6. The Hall–Kier alpha value is -0.630. The fourth-order valence-corrected chi connectivity index (χ4v) is 1.79. The van der Waals surface area contributed by atoms with E-state index in [0.717, 1.165) is 18.3 Å². The van der Waals surface area contributed by atoms with Gasteiger partial charge >= 0.3 is 0 Å². The maximum atomic E-state index is 9.83. The third kappa shape index (κ3) is 15.4. The lowest BCUT2D eigenvalue weighted by atomic mass is 9.98. The van der Waals surface area contributed by atoms with Crippen molar-refractivity contribution in [3.05, 3.63) is 11.6 Å². The Morgan fingerprint density at radius 3 is 2.11 bits per heavy atom. The molecule has 2 heteroatoms. The number of aliphatic hydroxyl groups is 1. The summed E-state index contributed by atoms with van der Waals surface area (Å²) >= 11 is 0. The molecule has 0 amide bonds. The van der Waals surface area contributed by atoms with Crippen molar-refractivity contribution in [1.29, 1.82) is 0 Å². The first-order valence-corrected chi connectivity index (χ1v) is 7.38. The van der Waals surface area contributed by atoms with Crippen LogP contribution in [0.3, 0.4) is 0 Å². The van der Waals surface area contributed by atoms with Crippen molar-refractivity contribution in [2.24, 2.45) is 5.92 Å². The second-order valence-corrected chi connectivity index (χ2v) is 4.81. The van der Waals surface area contributed by atoms with Gasteiger partial charge in [0.25, 0.3) is 0 Å². The van der Waals surface area contributed by atoms with Crippen LogP contribution in [0.2, 0.25) is 0 Å². The quantitative estimate of drug-likeness (QED) is 0.374. The number of hydrogen-bond donors (Lipinski definition) is 1.